The third-order valence-corrected chi connectivity index (χ3v) is 8.45. The van der Waals surface area contributed by atoms with Gasteiger partial charge in [0, 0.05) is 20.6 Å². The molecule has 2 N–H and O–H groups in total. The molecule has 1 heterocycles. The van der Waals surface area contributed by atoms with E-state index in [2.05, 4.69) is 79.1 Å². The van der Waals surface area contributed by atoms with Gasteiger partial charge >= 0.3 is 29.6 Å². The maximum Gasteiger partial charge on any atom is 1.00 e. The van der Waals surface area contributed by atoms with Crippen LogP contribution in [0, 0.1) is 27.7 Å². The van der Waals surface area contributed by atoms with Crippen molar-refractivity contribution in [1.82, 2.24) is 0 Å². The molecule has 4 rings (SSSR count). The van der Waals surface area contributed by atoms with E-state index in [9.17, 15) is 8.42 Å². The molecule has 0 saturated carbocycles. The molecule has 0 aliphatic carbocycles. The number of anilines is 1. The topological polar surface area (TPSA) is 83.5 Å². The number of hydrogen-bond acceptors (Lipinski definition) is 4. The van der Waals surface area contributed by atoms with E-state index < -0.39 is 10.0 Å². The third kappa shape index (κ3) is 6.27. The maximum atomic E-state index is 11.0. The molecule has 0 spiro atoms. The molecule has 0 bridgehead atoms. The summed E-state index contributed by atoms with van der Waals surface area (Å²) in [4.78, 5) is 0.114. The SMILES string of the molecule is Cc1c(C)c2c(c(C)c1N)C(c1ccc(Br)cc1)C(C)(C)O2.Cc1ccc(S(=O)(=O)[N-]Cl)cc1.[Na+]. The number of sulfonamides is 1. The molecular weight excluding hydrogens is 559 g/mol. The fourth-order valence-corrected chi connectivity index (χ4v) is 5.36. The Morgan fingerprint density at radius 2 is 1.49 bits per heavy atom. The van der Waals surface area contributed by atoms with Gasteiger partial charge in [0.1, 0.15) is 21.4 Å². The van der Waals surface area contributed by atoms with Crippen LogP contribution in [-0.2, 0) is 10.0 Å². The van der Waals surface area contributed by atoms with Crippen LogP contribution < -0.4 is 40.0 Å². The van der Waals surface area contributed by atoms with E-state index in [1.807, 2.05) is 6.92 Å². The number of ether oxygens (including phenoxy) is 1. The first-order valence-electron chi connectivity index (χ1n) is 10.8. The zero-order chi connectivity index (χ0) is 25.4. The summed E-state index contributed by atoms with van der Waals surface area (Å²) in [7, 11) is -3.62. The van der Waals surface area contributed by atoms with Gasteiger partial charge in [-0.25, -0.2) is 8.42 Å². The van der Waals surface area contributed by atoms with Gasteiger partial charge in [0.15, 0.2) is 0 Å². The number of halogens is 2. The maximum absolute atomic E-state index is 11.0. The van der Waals surface area contributed by atoms with Gasteiger partial charge in [-0.1, -0.05) is 45.8 Å². The van der Waals surface area contributed by atoms with Gasteiger partial charge in [-0.15, -0.1) is 0 Å². The summed E-state index contributed by atoms with van der Waals surface area (Å²) in [6.07, 6.45) is 0. The number of nitrogen functional groups attached to an aromatic ring is 1. The van der Waals surface area contributed by atoms with Gasteiger partial charge in [0.25, 0.3) is 0 Å². The summed E-state index contributed by atoms with van der Waals surface area (Å²) >= 11 is 8.41. The predicted octanol–water partition coefficient (Wildman–Crippen LogP) is 4.47. The fraction of sp³-hybridized carbons (Fsp3) is 0.308. The molecular formula is C26H29BrClN2NaO3S. The van der Waals surface area contributed by atoms with E-state index in [4.69, 9.17) is 22.2 Å². The monoisotopic (exact) mass is 586 g/mol. The van der Waals surface area contributed by atoms with E-state index in [1.165, 1.54) is 23.3 Å². The number of rotatable bonds is 3. The van der Waals surface area contributed by atoms with Crippen LogP contribution in [0.4, 0.5) is 5.69 Å². The first-order valence-corrected chi connectivity index (χ1v) is 13.4. The summed E-state index contributed by atoms with van der Waals surface area (Å²) in [6.45, 7) is 12.5. The number of nitrogens with two attached hydrogens (primary N) is 1. The van der Waals surface area contributed by atoms with Gasteiger partial charge in [-0.05, 0) is 88.1 Å². The smallest absolute Gasteiger partial charge is 0.486 e. The molecule has 35 heavy (non-hydrogen) atoms. The second kappa shape index (κ2) is 11.5. The van der Waals surface area contributed by atoms with Gasteiger partial charge < -0.3 is 14.7 Å². The largest absolute Gasteiger partial charge is 1.00 e. The van der Waals surface area contributed by atoms with E-state index in [0.717, 1.165) is 38.2 Å². The van der Waals surface area contributed by atoms with Crippen LogP contribution in [0.2, 0.25) is 0 Å². The summed E-state index contributed by atoms with van der Waals surface area (Å²) in [6, 6.07) is 14.8. The molecule has 0 fully saturated rings. The molecule has 9 heteroatoms. The number of hydrogen-bond donors (Lipinski definition) is 1. The van der Waals surface area contributed by atoms with Crippen molar-refractivity contribution in [2.75, 3.05) is 5.73 Å². The molecule has 5 nitrogen and oxygen atoms in total. The van der Waals surface area contributed by atoms with Crippen LogP contribution in [-0.4, -0.2) is 14.0 Å². The Kier molecular flexibility index (Phi) is 9.95. The number of nitrogens with zero attached hydrogens (tertiary/aromatic N) is 1. The fourth-order valence-electron chi connectivity index (χ4n) is 4.29. The zero-order valence-corrected chi connectivity index (χ0v) is 26.3. The predicted molar refractivity (Wildman–Crippen MR) is 143 cm³/mol. The Morgan fingerprint density at radius 3 is 2.00 bits per heavy atom. The molecule has 1 unspecified atom stereocenters. The first-order chi connectivity index (χ1) is 15.8. The average Bonchev–Trinajstić information content (AvgIpc) is 3.09. The molecule has 3 aromatic rings. The Labute approximate surface area is 244 Å². The second-order valence-electron chi connectivity index (χ2n) is 9.08. The molecule has 1 aliphatic heterocycles. The Balaban J connectivity index is 0.000000284. The van der Waals surface area contributed by atoms with Crippen molar-refractivity contribution in [2.24, 2.45) is 0 Å². The van der Waals surface area contributed by atoms with Crippen LogP contribution in [0.3, 0.4) is 0 Å². The summed E-state index contributed by atoms with van der Waals surface area (Å²) in [5.41, 5.74) is 13.9. The number of aryl methyl sites for hydroxylation is 1. The minimum absolute atomic E-state index is 0. The average molecular weight is 588 g/mol. The van der Waals surface area contributed by atoms with Gasteiger partial charge in [-0.2, -0.15) is 0 Å². The van der Waals surface area contributed by atoms with Gasteiger partial charge in [0.2, 0.25) is 0 Å². The van der Waals surface area contributed by atoms with Crippen LogP contribution in [0.5, 0.6) is 5.75 Å². The quantitative estimate of drug-likeness (QED) is 0.362. The van der Waals surface area contributed by atoms with E-state index in [0.29, 0.717) is 0 Å². The van der Waals surface area contributed by atoms with Gasteiger partial charge in [0.05, 0.1) is 5.92 Å². The summed E-state index contributed by atoms with van der Waals surface area (Å²) in [5, 5.41) is 0. The standard InChI is InChI=1S/C19H22BrNO.C7H7ClNO2S.Na/c1-10-11(2)18-15(12(3)17(10)21)16(19(4,5)22-18)13-6-8-14(20)9-7-13;1-6-2-4-7(5-3-6)12(10,11)9-8;/h6-9,16H,21H2,1-5H3;2-5H,1H3;/q;-1;+1. The molecule has 0 saturated heterocycles. The van der Waals surface area contributed by atoms with Crippen molar-refractivity contribution in [1.29, 1.82) is 0 Å². The van der Waals surface area contributed by atoms with E-state index >= 15 is 0 Å². The zero-order valence-electron chi connectivity index (χ0n) is 21.1. The Hall–Kier alpha value is -1.06. The van der Waals surface area contributed by atoms with Crippen molar-refractivity contribution in [2.45, 2.75) is 58.0 Å². The minimum atomic E-state index is -3.62. The summed E-state index contributed by atoms with van der Waals surface area (Å²) < 4.78 is 32.3. The third-order valence-electron chi connectivity index (χ3n) is 6.32. The van der Waals surface area contributed by atoms with Crippen molar-refractivity contribution in [3.63, 3.8) is 0 Å². The Bertz CT molecular complexity index is 1310. The van der Waals surface area contributed by atoms with Crippen molar-refractivity contribution in [3.8, 4) is 5.75 Å². The minimum Gasteiger partial charge on any atom is -0.486 e. The number of fused-ring (bicyclic) bond motifs is 1. The van der Waals surface area contributed by atoms with Crippen molar-refractivity contribution in [3.05, 3.63) is 90.6 Å². The molecule has 1 atom stereocenters. The molecule has 3 aromatic carbocycles. The number of benzene rings is 3. The van der Waals surface area contributed by atoms with Crippen molar-refractivity contribution >= 4 is 43.4 Å². The Morgan fingerprint density at radius 1 is 0.943 bits per heavy atom. The molecule has 182 valence electrons. The molecule has 0 aromatic heterocycles. The van der Waals surface area contributed by atoms with E-state index in [1.54, 1.807) is 12.1 Å². The van der Waals surface area contributed by atoms with Gasteiger partial charge in [-0.3, -0.25) is 11.8 Å². The molecule has 1 aliphatic rings. The molecule has 0 radical (unpaired) electrons. The normalized spacial score (nSPS) is 15.8. The van der Waals surface area contributed by atoms with E-state index in [-0.39, 0.29) is 46.0 Å². The van der Waals surface area contributed by atoms with Crippen LogP contribution in [0.25, 0.3) is 4.24 Å². The van der Waals surface area contributed by atoms with Crippen LogP contribution in [0.1, 0.15) is 53.1 Å². The summed E-state index contributed by atoms with van der Waals surface area (Å²) in [5.74, 6) is 1.21. The van der Waals surface area contributed by atoms with Crippen molar-refractivity contribution < 1.29 is 42.7 Å². The molecule has 0 amide bonds. The second-order valence-corrected chi connectivity index (χ2v) is 12.0. The van der Waals surface area contributed by atoms with Crippen LogP contribution in [0.15, 0.2) is 57.9 Å². The van der Waals surface area contributed by atoms with Crippen LogP contribution >= 0.6 is 27.7 Å². The first kappa shape index (κ1) is 30.2.